The van der Waals surface area contributed by atoms with Gasteiger partial charge in [0.15, 0.2) is 5.82 Å². The van der Waals surface area contributed by atoms with E-state index in [1.165, 1.54) is 18.2 Å². The summed E-state index contributed by atoms with van der Waals surface area (Å²) in [5.41, 5.74) is -1.21. The number of para-hydroxylation sites is 1. The van der Waals surface area contributed by atoms with Crippen molar-refractivity contribution in [2.45, 2.75) is 51.4 Å². The van der Waals surface area contributed by atoms with Crippen LogP contribution in [-0.4, -0.2) is 22.2 Å². The molecule has 1 N–H and O–H groups in total. The molecule has 1 atom stereocenters. The summed E-state index contributed by atoms with van der Waals surface area (Å²) >= 11 is 0. The van der Waals surface area contributed by atoms with E-state index in [4.69, 9.17) is 4.74 Å². The van der Waals surface area contributed by atoms with Crippen LogP contribution in [0, 0.1) is 15.9 Å². The zero-order chi connectivity index (χ0) is 15.1. The van der Waals surface area contributed by atoms with Crippen molar-refractivity contribution in [1.82, 2.24) is 0 Å². The van der Waals surface area contributed by atoms with Crippen molar-refractivity contribution in [3.8, 4) is 0 Å². The molecule has 0 radical (unpaired) electrons. The molecule has 20 heavy (non-hydrogen) atoms. The molecule has 0 bridgehead atoms. The number of hydrogen-bond donors (Lipinski definition) is 1. The molecular formula is C14H19FN2O3. The second-order valence-corrected chi connectivity index (χ2v) is 6.26. The number of anilines is 1. The minimum atomic E-state index is -0.625. The van der Waals surface area contributed by atoms with Crippen LogP contribution in [0.4, 0.5) is 15.8 Å². The van der Waals surface area contributed by atoms with Gasteiger partial charge in [0, 0.05) is 6.07 Å². The van der Waals surface area contributed by atoms with Gasteiger partial charge in [0.05, 0.1) is 22.2 Å². The SMILES string of the molecule is CC1(C)CC(Nc2c(F)cccc2[N+](=O)[O-])C(C)(C)O1. The Morgan fingerprint density at radius 1 is 1.40 bits per heavy atom. The van der Waals surface area contributed by atoms with Crippen LogP contribution in [0.5, 0.6) is 0 Å². The second kappa shape index (κ2) is 4.70. The highest BCUT2D eigenvalue weighted by Gasteiger charge is 2.46. The number of halogens is 1. The van der Waals surface area contributed by atoms with E-state index in [9.17, 15) is 14.5 Å². The lowest BCUT2D eigenvalue weighted by Gasteiger charge is -2.28. The van der Waals surface area contributed by atoms with Gasteiger partial charge in [-0.1, -0.05) is 6.07 Å². The molecule has 0 aliphatic carbocycles. The first kappa shape index (κ1) is 14.7. The summed E-state index contributed by atoms with van der Waals surface area (Å²) in [6.07, 6.45) is 0.644. The lowest BCUT2D eigenvalue weighted by Crippen LogP contribution is -2.38. The monoisotopic (exact) mass is 282 g/mol. The zero-order valence-electron chi connectivity index (χ0n) is 12.1. The Kier molecular flexibility index (Phi) is 3.46. The van der Waals surface area contributed by atoms with Crippen molar-refractivity contribution in [3.63, 3.8) is 0 Å². The fourth-order valence-electron chi connectivity index (χ4n) is 2.77. The van der Waals surface area contributed by atoms with Crippen LogP contribution in [0.3, 0.4) is 0 Å². The van der Waals surface area contributed by atoms with Crippen molar-refractivity contribution in [1.29, 1.82) is 0 Å². The largest absolute Gasteiger partial charge is 0.371 e. The summed E-state index contributed by atoms with van der Waals surface area (Å²) in [6, 6.07) is 3.63. The molecule has 0 aromatic heterocycles. The fourth-order valence-corrected chi connectivity index (χ4v) is 2.77. The van der Waals surface area contributed by atoms with Gasteiger partial charge in [-0.25, -0.2) is 4.39 Å². The number of hydrogen-bond acceptors (Lipinski definition) is 4. The number of nitrogens with zero attached hydrogens (tertiary/aromatic N) is 1. The number of nitrogens with one attached hydrogen (secondary N) is 1. The number of ether oxygens (including phenoxy) is 1. The highest BCUT2D eigenvalue weighted by Crippen LogP contribution is 2.40. The van der Waals surface area contributed by atoms with Crippen molar-refractivity contribution < 1.29 is 14.1 Å². The molecule has 0 spiro atoms. The van der Waals surface area contributed by atoms with Gasteiger partial charge in [0.1, 0.15) is 5.69 Å². The maximum atomic E-state index is 13.9. The van der Waals surface area contributed by atoms with Crippen LogP contribution < -0.4 is 5.32 Å². The first-order chi connectivity index (χ1) is 9.12. The molecule has 1 aromatic carbocycles. The van der Waals surface area contributed by atoms with E-state index >= 15 is 0 Å². The van der Waals surface area contributed by atoms with E-state index in [1.807, 2.05) is 27.7 Å². The summed E-state index contributed by atoms with van der Waals surface area (Å²) in [7, 11) is 0. The zero-order valence-corrected chi connectivity index (χ0v) is 12.1. The molecule has 1 heterocycles. The summed E-state index contributed by atoms with van der Waals surface area (Å²) in [6.45, 7) is 7.69. The fraction of sp³-hybridized carbons (Fsp3) is 0.571. The minimum Gasteiger partial charge on any atom is -0.371 e. The third kappa shape index (κ3) is 2.75. The van der Waals surface area contributed by atoms with E-state index in [1.54, 1.807) is 0 Å². The van der Waals surface area contributed by atoms with E-state index < -0.39 is 16.3 Å². The van der Waals surface area contributed by atoms with Crippen molar-refractivity contribution >= 4 is 11.4 Å². The summed E-state index contributed by atoms with van der Waals surface area (Å²) < 4.78 is 19.8. The van der Waals surface area contributed by atoms with Gasteiger partial charge in [-0.15, -0.1) is 0 Å². The van der Waals surface area contributed by atoms with Gasteiger partial charge in [-0.3, -0.25) is 10.1 Å². The highest BCUT2D eigenvalue weighted by atomic mass is 19.1. The van der Waals surface area contributed by atoms with Crippen LogP contribution in [0.1, 0.15) is 34.1 Å². The lowest BCUT2D eigenvalue weighted by atomic mass is 9.94. The molecule has 0 saturated carbocycles. The predicted octanol–water partition coefficient (Wildman–Crippen LogP) is 3.49. The van der Waals surface area contributed by atoms with E-state index in [2.05, 4.69) is 5.32 Å². The quantitative estimate of drug-likeness (QED) is 0.680. The maximum absolute atomic E-state index is 13.9. The molecule has 1 unspecified atom stereocenters. The maximum Gasteiger partial charge on any atom is 0.295 e. The number of nitro groups is 1. The van der Waals surface area contributed by atoms with E-state index in [-0.39, 0.29) is 23.0 Å². The molecule has 1 aliphatic rings. The van der Waals surface area contributed by atoms with E-state index in [0.29, 0.717) is 6.42 Å². The number of nitro benzene ring substituents is 1. The minimum absolute atomic E-state index is 0.0723. The van der Waals surface area contributed by atoms with Crippen LogP contribution >= 0.6 is 0 Å². The Labute approximate surface area is 117 Å². The molecule has 1 fully saturated rings. The van der Waals surface area contributed by atoms with Crippen LogP contribution in [0.25, 0.3) is 0 Å². The van der Waals surface area contributed by atoms with Crippen LogP contribution in [0.15, 0.2) is 18.2 Å². The first-order valence-electron chi connectivity index (χ1n) is 6.52. The molecule has 2 rings (SSSR count). The molecule has 1 saturated heterocycles. The van der Waals surface area contributed by atoms with Gasteiger partial charge < -0.3 is 10.1 Å². The van der Waals surface area contributed by atoms with Gasteiger partial charge in [0.25, 0.3) is 5.69 Å². The van der Waals surface area contributed by atoms with Crippen molar-refractivity contribution in [3.05, 3.63) is 34.1 Å². The van der Waals surface area contributed by atoms with Gasteiger partial charge in [-0.2, -0.15) is 0 Å². The number of rotatable bonds is 3. The number of benzene rings is 1. The lowest BCUT2D eigenvalue weighted by molar-refractivity contribution is -0.384. The normalized spacial score (nSPS) is 23.6. The molecule has 6 heteroatoms. The third-order valence-corrected chi connectivity index (χ3v) is 3.58. The van der Waals surface area contributed by atoms with Crippen molar-refractivity contribution in [2.24, 2.45) is 0 Å². The Bertz CT molecular complexity index is 543. The highest BCUT2D eigenvalue weighted by molar-refractivity contribution is 5.63. The predicted molar refractivity (Wildman–Crippen MR) is 74.3 cm³/mol. The van der Waals surface area contributed by atoms with Gasteiger partial charge in [-0.05, 0) is 40.2 Å². The van der Waals surface area contributed by atoms with E-state index in [0.717, 1.165) is 0 Å². The molecule has 1 aromatic rings. The Morgan fingerprint density at radius 2 is 2.05 bits per heavy atom. The van der Waals surface area contributed by atoms with Crippen LogP contribution in [-0.2, 0) is 4.74 Å². The Balaban J connectivity index is 2.34. The molecule has 110 valence electrons. The summed E-state index contributed by atoms with van der Waals surface area (Å²) in [5, 5.41) is 14.0. The second-order valence-electron chi connectivity index (χ2n) is 6.26. The van der Waals surface area contributed by atoms with Gasteiger partial charge >= 0.3 is 0 Å². The molecular weight excluding hydrogens is 263 g/mol. The van der Waals surface area contributed by atoms with Crippen molar-refractivity contribution in [2.75, 3.05) is 5.32 Å². The van der Waals surface area contributed by atoms with Crippen LogP contribution in [0.2, 0.25) is 0 Å². The molecule has 1 aliphatic heterocycles. The average Bonchev–Trinajstić information content (AvgIpc) is 2.49. The molecule has 0 amide bonds. The standard InChI is InChI=1S/C14H19FN2O3/c1-13(2)8-11(14(3,4)20-13)16-12-9(15)6-5-7-10(12)17(18)19/h5-7,11,16H,8H2,1-4H3. The molecule has 5 nitrogen and oxygen atoms in total. The summed E-state index contributed by atoms with van der Waals surface area (Å²) in [4.78, 5) is 10.4. The smallest absolute Gasteiger partial charge is 0.295 e. The Hall–Kier alpha value is -1.69. The topological polar surface area (TPSA) is 64.4 Å². The third-order valence-electron chi connectivity index (χ3n) is 3.58. The average molecular weight is 282 g/mol. The van der Waals surface area contributed by atoms with Gasteiger partial charge in [0.2, 0.25) is 0 Å². The summed E-state index contributed by atoms with van der Waals surface area (Å²) in [5.74, 6) is -0.625. The first-order valence-corrected chi connectivity index (χ1v) is 6.52. The Morgan fingerprint density at radius 3 is 2.55 bits per heavy atom.